The van der Waals surface area contributed by atoms with Crippen LogP contribution in [0.5, 0.6) is 0 Å². The number of benzene rings is 1. The van der Waals surface area contributed by atoms with Gasteiger partial charge < -0.3 is 10.4 Å². The Labute approximate surface area is 158 Å². The van der Waals surface area contributed by atoms with Crippen molar-refractivity contribution in [3.05, 3.63) is 40.6 Å². The molecule has 1 aromatic heterocycles. The second-order valence-corrected chi connectivity index (χ2v) is 6.29. The minimum Gasteiger partial charge on any atom is -0.396 e. The van der Waals surface area contributed by atoms with Gasteiger partial charge in [-0.3, -0.25) is 20.5 Å². The van der Waals surface area contributed by atoms with Gasteiger partial charge >= 0.3 is 0 Å². The minimum absolute atomic E-state index is 0.0356. The van der Waals surface area contributed by atoms with Crippen LogP contribution in [-0.2, 0) is 11.2 Å². The molecule has 0 spiro atoms. The Kier molecular flexibility index (Phi) is 6.26. The molecule has 1 unspecified atom stereocenters. The summed E-state index contributed by atoms with van der Waals surface area (Å²) in [5.74, 6) is -2.04. The zero-order valence-corrected chi connectivity index (χ0v) is 14.8. The highest BCUT2D eigenvalue weighted by atomic mass is 19.2. The molecule has 0 aliphatic heterocycles. The molecular weight excluding hydrogens is 376 g/mol. The molecule has 9 nitrogen and oxygen atoms in total. The number of amidine groups is 1. The third-order valence-electron chi connectivity index (χ3n) is 4.40. The van der Waals surface area contributed by atoms with Crippen LogP contribution in [0.1, 0.15) is 42.1 Å². The average Bonchev–Trinajstić information content (AvgIpc) is 3.30. The first-order chi connectivity index (χ1) is 13.5. The number of nitrogens with one attached hydrogen (secondary N) is 2. The molecule has 0 amide bonds. The third-order valence-corrected chi connectivity index (χ3v) is 4.40. The summed E-state index contributed by atoms with van der Waals surface area (Å²) < 4.78 is 31.6. The lowest BCUT2D eigenvalue weighted by Crippen LogP contribution is -2.24. The highest BCUT2D eigenvalue weighted by Crippen LogP contribution is 2.35. The van der Waals surface area contributed by atoms with Crippen LogP contribution >= 0.6 is 0 Å². The van der Waals surface area contributed by atoms with Crippen molar-refractivity contribution in [2.75, 3.05) is 18.5 Å². The fourth-order valence-electron chi connectivity index (χ4n) is 3.02. The number of aliphatic imine (C=N–C) groups is 1. The number of halogens is 2. The summed E-state index contributed by atoms with van der Waals surface area (Å²) in [6.45, 7) is -0.155. The van der Waals surface area contributed by atoms with Gasteiger partial charge in [0.05, 0.1) is 12.6 Å². The van der Waals surface area contributed by atoms with Crippen LogP contribution < -0.4 is 10.8 Å². The molecule has 0 bridgehead atoms. The summed E-state index contributed by atoms with van der Waals surface area (Å²) in [6, 6.07) is 1.73. The first-order valence-corrected chi connectivity index (χ1v) is 8.68. The number of hydrogen-bond acceptors (Lipinski definition) is 8. The lowest BCUT2D eigenvalue weighted by Gasteiger charge is -2.10. The number of fused-ring (bicyclic) bond motifs is 1. The monoisotopic (exact) mass is 395 g/mol. The van der Waals surface area contributed by atoms with Gasteiger partial charge in [0.1, 0.15) is 0 Å². The zero-order valence-electron chi connectivity index (χ0n) is 14.8. The summed E-state index contributed by atoms with van der Waals surface area (Å²) in [6.07, 6.45) is 1.57. The summed E-state index contributed by atoms with van der Waals surface area (Å²) in [4.78, 5) is 16.0. The van der Waals surface area contributed by atoms with Crippen molar-refractivity contribution in [1.29, 1.82) is 0 Å². The van der Waals surface area contributed by atoms with Crippen molar-refractivity contribution in [3.63, 3.8) is 0 Å². The van der Waals surface area contributed by atoms with Gasteiger partial charge in [0, 0.05) is 13.0 Å². The van der Waals surface area contributed by atoms with Crippen LogP contribution in [-0.4, -0.2) is 45.4 Å². The minimum atomic E-state index is -0.966. The maximum Gasteiger partial charge on any atom is 0.202 e. The quantitative estimate of drug-likeness (QED) is 0.300. The maximum atomic E-state index is 13.6. The lowest BCUT2D eigenvalue weighted by molar-refractivity contribution is -0.117. The number of hydroxylamine groups is 1. The Bertz CT molecular complexity index is 886. The summed E-state index contributed by atoms with van der Waals surface area (Å²) in [5, 5.41) is 28.3. The van der Waals surface area contributed by atoms with Gasteiger partial charge in [-0.05, 0) is 52.8 Å². The van der Waals surface area contributed by atoms with E-state index < -0.39 is 17.7 Å². The fourth-order valence-corrected chi connectivity index (χ4v) is 3.02. The molecule has 3 rings (SSSR count). The standard InChI is InChI=1S/C17H19F2N5O4/c18-12-6-9-3-4-14(11(9)7-13(12)19)21-17(22-27)15-16(24-28-23-15)20-8-10(26)2-1-5-25/h6-7,14,25,27H,1-5,8H2,(H,20,24)(H,21,22). The van der Waals surface area contributed by atoms with Crippen LogP contribution in [0.3, 0.4) is 0 Å². The van der Waals surface area contributed by atoms with Crippen molar-refractivity contribution in [3.8, 4) is 0 Å². The van der Waals surface area contributed by atoms with Gasteiger partial charge in [0.15, 0.2) is 28.9 Å². The number of rotatable bonds is 8. The van der Waals surface area contributed by atoms with Gasteiger partial charge in [-0.15, -0.1) is 0 Å². The first-order valence-electron chi connectivity index (χ1n) is 8.68. The van der Waals surface area contributed by atoms with Crippen LogP contribution in [0.15, 0.2) is 21.8 Å². The van der Waals surface area contributed by atoms with Crippen molar-refractivity contribution in [2.24, 2.45) is 4.99 Å². The third kappa shape index (κ3) is 4.31. The van der Waals surface area contributed by atoms with E-state index in [1.807, 2.05) is 5.48 Å². The number of carbonyl (C=O) groups is 1. The molecular formula is C17H19F2N5O4. The number of aliphatic hydroxyl groups excluding tert-OH is 1. The molecule has 1 heterocycles. The molecule has 1 aromatic carbocycles. The van der Waals surface area contributed by atoms with Gasteiger partial charge in [-0.1, -0.05) is 0 Å². The topological polar surface area (TPSA) is 133 Å². The van der Waals surface area contributed by atoms with E-state index in [1.54, 1.807) is 0 Å². The molecule has 28 heavy (non-hydrogen) atoms. The Morgan fingerprint density at radius 2 is 2.11 bits per heavy atom. The van der Waals surface area contributed by atoms with Crippen LogP contribution in [0.2, 0.25) is 0 Å². The van der Waals surface area contributed by atoms with E-state index in [0.717, 1.165) is 12.1 Å². The van der Waals surface area contributed by atoms with Crippen molar-refractivity contribution in [2.45, 2.75) is 31.7 Å². The van der Waals surface area contributed by atoms with Crippen molar-refractivity contribution in [1.82, 2.24) is 15.8 Å². The molecule has 1 aliphatic carbocycles. The molecule has 2 aromatic rings. The lowest BCUT2D eigenvalue weighted by atomic mass is 10.1. The summed E-state index contributed by atoms with van der Waals surface area (Å²) >= 11 is 0. The molecule has 0 fully saturated rings. The molecule has 1 aliphatic rings. The van der Waals surface area contributed by atoms with Gasteiger partial charge in [-0.2, -0.15) is 0 Å². The number of aromatic nitrogens is 2. The second kappa shape index (κ2) is 8.85. The summed E-state index contributed by atoms with van der Waals surface area (Å²) in [7, 11) is 0. The first kappa shape index (κ1) is 19.8. The number of aryl methyl sites for hydroxylation is 1. The predicted octanol–water partition coefficient (Wildman–Crippen LogP) is 1.51. The molecule has 0 radical (unpaired) electrons. The SMILES string of the molecule is O=C(CCCO)CNc1nonc1C(=NC1CCc2cc(F)c(F)cc21)NO. The molecule has 150 valence electrons. The number of carbonyl (C=O) groups excluding carboxylic acids is 1. The van der Waals surface area contributed by atoms with Gasteiger partial charge in [0.25, 0.3) is 0 Å². The van der Waals surface area contributed by atoms with Crippen LogP contribution in [0.25, 0.3) is 0 Å². The number of ketones is 1. The number of hydrogen-bond donors (Lipinski definition) is 4. The maximum absolute atomic E-state index is 13.6. The molecule has 11 heteroatoms. The van der Waals surface area contributed by atoms with E-state index in [-0.39, 0.29) is 42.7 Å². The Hall–Kier alpha value is -2.92. The van der Waals surface area contributed by atoms with Crippen molar-refractivity contribution >= 4 is 17.4 Å². The van der Waals surface area contributed by atoms with Crippen LogP contribution in [0.4, 0.5) is 14.6 Å². The molecule has 0 saturated heterocycles. The van der Waals surface area contributed by atoms with Gasteiger partial charge in [0.2, 0.25) is 5.82 Å². The highest BCUT2D eigenvalue weighted by molar-refractivity contribution is 6.00. The number of Topliss-reactive ketones (excluding diaryl/α,β-unsaturated/α-hetero) is 1. The highest BCUT2D eigenvalue weighted by Gasteiger charge is 2.26. The van der Waals surface area contributed by atoms with E-state index in [9.17, 15) is 18.8 Å². The Morgan fingerprint density at radius 1 is 1.32 bits per heavy atom. The van der Waals surface area contributed by atoms with Gasteiger partial charge in [-0.25, -0.2) is 13.4 Å². The Balaban J connectivity index is 1.78. The van der Waals surface area contributed by atoms with E-state index in [0.29, 0.717) is 30.4 Å². The Morgan fingerprint density at radius 3 is 2.86 bits per heavy atom. The smallest absolute Gasteiger partial charge is 0.202 e. The van der Waals surface area contributed by atoms with E-state index in [2.05, 4.69) is 25.3 Å². The fraction of sp³-hybridized carbons (Fsp3) is 0.412. The van der Waals surface area contributed by atoms with Crippen LogP contribution in [0, 0.1) is 11.6 Å². The number of nitrogens with zero attached hydrogens (tertiary/aromatic N) is 3. The average molecular weight is 395 g/mol. The largest absolute Gasteiger partial charge is 0.396 e. The van der Waals surface area contributed by atoms with E-state index >= 15 is 0 Å². The second-order valence-electron chi connectivity index (χ2n) is 6.29. The number of aliphatic hydroxyl groups is 1. The van der Waals surface area contributed by atoms with E-state index in [4.69, 9.17) is 5.11 Å². The zero-order chi connectivity index (χ0) is 20.1. The van der Waals surface area contributed by atoms with E-state index in [1.165, 1.54) is 0 Å². The molecule has 1 atom stereocenters. The predicted molar refractivity (Wildman–Crippen MR) is 93.0 cm³/mol. The molecule has 4 N–H and O–H groups in total. The normalized spacial score (nSPS) is 16.1. The van der Waals surface area contributed by atoms with Crippen molar-refractivity contribution < 1.29 is 28.5 Å². The number of anilines is 1. The summed E-state index contributed by atoms with van der Waals surface area (Å²) in [5.41, 5.74) is 3.12. The molecule has 0 saturated carbocycles.